The summed E-state index contributed by atoms with van der Waals surface area (Å²) in [5.74, 6) is 1.24. The maximum atomic E-state index is 12.7. The summed E-state index contributed by atoms with van der Waals surface area (Å²) in [5.41, 5.74) is 1.84. The molecule has 8 heteroatoms. The van der Waals surface area contributed by atoms with Gasteiger partial charge in [-0.25, -0.2) is 0 Å². The van der Waals surface area contributed by atoms with Crippen molar-refractivity contribution in [2.45, 2.75) is 62.9 Å². The van der Waals surface area contributed by atoms with Gasteiger partial charge in [0.25, 0.3) is 0 Å². The van der Waals surface area contributed by atoms with Crippen molar-refractivity contribution in [1.29, 1.82) is 0 Å². The van der Waals surface area contributed by atoms with Crippen molar-refractivity contribution in [3.05, 3.63) is 23.8 Å². The highest BCUT2D eigenvalue weighted by atomic mass is 32.2. The van der Waals surface area contributed by atoms with Gasteiger partial charge in [-0.2, -0.15) is 4.68 Å². The average molecular weight is 390 g/mol. The molecule has 0 aliphatic heterocycles. The molecule has 0 bridgehead atoms. The fourth-order valence-corrected chi connectivity index (χ4v) is 4.22. The molecule has 27 heavy (non-hydrogen) atoms. The predicted octanol–water partition coefficient (Wildman–Crippen LogP) is 3.15. The Morgan fingerprint density at radius 2 is 2.15 bits per heavy atom. The molecule has 0 unspecified atom stereocenters. The molecule has 3 atom stereocenters. The molecular weight excluding hydrogens is 362 g/mol. The van der Waals surface area contributed by atoms with E-state index in [9.17, 15) is 4.79 Å². The highest BCUT2D eigenvalue weighted by molar-refractivity contribution is 8.00. The van der Waals surface area contributed by atoms with E-state index < -0.39 is 0 Å². The fourth-order valence-electron chi connectivity index (χ4n) is 3.41. The van der Waals surface area contributed by atoms with Crippen LogP contribution in [0.3, 0.4) is 0 Å². The zero-order chi connectivity index (χ0) is 19.4. The summed E-state index contributed by atoms with van der Waals surface area (Å²) >= 11 is 1.35. The van der Waals surface area contributed by atoms with E-state index >= 15 is 0 Å². The number of carbonyl (C=O) groups is 1. The van der Waals surface area contributed by atoms with E-state index in [1.165, 1.54) is 31.0 Å². The number of aromatic nitrogens is 4. The molecule has 1 saturated carbocycles. The number of nitrogens with one attached hydrogen (secondary N) is 1. The molecule has 0 saturated heterocycles. The Kier molecular flexibility index (Phi) is 6.36. The fraction of sp³-hybridized carbons (Fsp3) is 0.579. The van der Waals surface area contributed by atoms with Crippen molar-refractivity contribution in [3.63, 3.8) is 0 Å². The van der Waals surface area contributed by atoms with Crippen molar-refractivity contribution < 1.29 is 9.53 Å². The first-order valence-corrected chi connectivity index (χ1v) is 10.3. The molecule has 1 fully saturated rings. The number of aryl methyl sites for hydroxylation is 1. The van der Waals surface area contributed by atoms with Gasteiger partial charge in [0.2, 0.25) is 11.1 Å². The number of tetrazole rings is 1. The lowest BCUT2D eigenvalue weighted by molar-refractivity contribution is -0.121. The van der Waals surface area contributed by atoms with Gasteiger partial charge in [-0.1, -0.05) is 37.6 Å². The number of methoxy groups -OCH3 is 1. The Hall–Kier alpha value is -2.09. The summed E-state index contributed by atoms with van der Waals surface area (Å²) in [5, 5.41) is 15.5. The summed E-state index contributed by atoms with van der Waals surface area (Å²) in [6.07, 6.45) is 4.67. The van der Waals surface area contributed by atoms with Gasteiger partial charge in [0.05, 0.1) is 12.4 Å². The van der Waals surface area contributed by atoms with Gasteiger partial charge < -0.3 is 10.1 Å². The molecule has 0 spiro atoms. The molecule has 1 aromatic carbocycles. The summed E-state index contributed by atoms with van der Waals surface area (Å²) in [7, 11) is 1.62. The minimum absolute atomic E-state index is 0.0320. The normalized spacial score (nSPS) is 20.9. The van der Waals surface area contributed by atoms with E-state index in [-0.39, 0.29) is 17.2 Å². The van der Waals surface area contributed by atoms with Crippen LogP contribution in [0.15, 0.2) is 23.4 Å². The Balaban J connectivity index is 1.72. The van der Waals surface area contributed by atoms with Crippen LogP contribution in [0.1, 0.15) is 45.1 Å². The predicted molar refractivity (Wildman–Crippen MR) is 105 cm³/mol. The number of ether oxygens (including phenoxy) is 1. The molecular formula is C19H27N5O2S. The molecule has 1 N–H and O–H groups in total. The van der Waals surface area contributed by atoms with Gasteiger partial charge in [-0.05, 0) is 60.7 Å². The van der Waals surface area contributed by atoms with Crippen molar-refractivity contribution in [2.75, 3.05) is 7.11 Å². The highest BCUT2D eigenvalue weighted by Crippen LogP contribution is 2.29. The third-order valence-electron chi connectivity index (χ3n) is 5.09. The molecule has 3 rings (SSSR count). The second-order valence-electron chi connectivity index (χ2n) is 7.19. The lowest BCUT2D eigenvalue weighted by Crippen LogP contribution is -2.44. The second-order valence-corrected chi connectivity index (χ2v) is 8.49. The number of thioether (sulfide) groups is 1. The molecule has 1 aromatic heterocycles. The van der Waals surface area contributed by atoms with E-state index in [1.54, 1.807) is 11.8 Å². The first-order chi connectivity index (χ1) is 13.0. The van der Waals surface area contributed by atoms with Crippen LogP contribution in [0.5, 0.6) is 5.75 Å². The SMILES string of the molecule is COc1ccc(C)cc1-n1nnnc1S[C@H](C)C(=O)N[C@H]1CCCC[C@@H]1C. The number of benzene rings is 1. The maximum absolute atomic E-state index is 12.7. The Labute approximate surface area is 164 Å². The summed E-state index contributed by atoms with van der Waals surface area (Å²) in [6.45, 7) is 6.11. The van der Waals surface area contributed by atoms with E-state index in [1.807, 2.05) is 32.0 Å². The quantitative estimate of drug-likeness (QED) is 0.764. The van der Waals surface area contributed by atoms with Crippen molar-refractivity contribution in [1.82, 2.24) is 25.5 Å². The number of amides is 1. The lowest BCUT2D eigenvalue weighted by Gasteiger charge is -2.30. The molecule has 146 valence electrons. The van der Waals surface area contributed by atoms with Gasteiger partial charge >= 0.3 is 0 Å². The van der Waals surface area contributed by atoms with E-state index in [2.05, 4.69) is 27.8 Å². The minimum atomic E-state index is -0.292. The molecule has 0 radical (unpaired) electrons. The molecule has 2 aromatic rings. The van der Waals surface area contributed by atoms with E-state index in [0.717, 1.165) is 17.7 Å². The third-order valence-corrected chi connectivity index (χ3v) is 6.13. The van der Waals surface area contributed by atoms with Crippen LogP contribution in [0.2, 0.25) is 0 Å². The monoisotopic (exact) mass is 389 g/mol. The Bertz CT molecular complexity index is 794. The number of carbonyl (C=O) groups excluding carboxylic acids is 1. The van der Waals surface area contributed by atoms with E-state index in [0.29, 0.717) is 16.8 Å². The number of rotatable bonds is 6. The third kappa shape index (κ3) is 4.61. The zero-order valence-corrected chi connectivity index (χ0v) is 17.1. The highest BCUT2D eigenvalue weighted by Gasteiger charge is 2.26. The first-order valence-electron chi connectivity index (χ1n) is 9.40. The van der Waals surface area contributed by atoms with Gasteiger partial charge in [0.1, 0.15) is 11.4 Å². The van der Waals surface area contributed by atoms with Gasteiger partial charge in [0.15, 0.2) is 0 Å². The standard InChI is InChI=1S/C19H27N5O2S/c1-12-9-10-17(26-4)16(11-12)24-19(21-22-23-24)27-14(3)18(25)20-15-8-6-5-7-13(15)2/h9-11,13-15H,5-8H2,1-4H3,(H,20,25)/t13-,14+,15-/m0/s1. The van der Waals surface area contributed by atoms with Crippen LogP contribution in [-0.2, 0) is 4.79 Å². The van der Waals surface area contributed by atoms with Crippen molar-refractivity contribution >= 4 is 17.7 Å². The number of hydrogen-bond acceptors (Lipinski definition) is 6. The van der Waals surface area contributed by atoms with Gasteiger partial charge in [-0.15, -0.1) is 5.10 Å². The maximum Gasteiger partial charge on any atom is 0.233 e. The van der Waals surface area contributed by atoms with Crippen LogP contribution in [0.4, 0.5) is 0 Å². The number of hydrogen-bond donors (Lipinski definition) is 1. The lowest BCUT2D eigenvalue weighted by atomic mass is 9.86. The molecule has 1 aliphatic rings. The summed E-state index contributed by atoms with van der Waals surface area (Å²) < 4.78 is 7.07. The van der Waals surface area contributed by atoms with Crippen LogP contribution >= 0.6 is 11.8 Å². The summed E-state index contributed by atoms with van der Waals surface area (Å²) in [4.78, 5) is 12.7. The topological polar surface area (TPSA) is 81.9 Å². The smallest absolute Gasteiger partial charge is 0.233 e. The molecule has 1 amide bonds. The molecule has 1 aliphatic carbocycles. The number of nitrogens with zero attached hydrogens (tertiary/aromatic N) is 4. The van der Waals surface area contributed by atoms with Crippen LogP contribution in [0.25, 0.3) is 5.69 Å². The Morgan fingerprint density at radius 1 is 1.37 bits per heavy atom. The largest absolute Gasteiger partial charge is 0.494 e. The molecule has 7 nitrogen and oxygen atoms in total. The minimum Gasteiger partial charge on any atom is -0.494 e. The van der Waals surface area contributed by atoms with Gasteiger partial charge in [-0.3, -0.25) is 4.79 Å². The van der Waals surface area contributed by atoms with Gasteiger partial charge in [0, 0.05) is 6.04 Å². The average Bonchev–Trinajstić information content (AvgIpc) is 3.11. The van der Waals surface area contributed by atoms with Crippen LogP contribution in [0, 0.1) is 12.8 Å². The van der Waals surface area contributed by atoms with Crippen LogP contribution < -0.4 is 10.1 Å². The first kappa shape index (κ1) is 19.7. The summed E-state index contributed by atoms with van der Waals surface area (Å²) in [6, 6.07) is 6.10. The molecule has 1 heterocycles. The zero-order valence-electron chi connectivity index (χ0n) is 16.3. The Morgan fingerprint density at radius 3 is 2.89 bits per heavy atom. The van der Waals surface area contributed by atoms with E-state index in [4.69, 9.17) is 4.74 Å². The van der Waals surface area contributed by atoms with Crippen LogP contribution in [-0.4, -0.2) is 44.5 Å². The second kappa shape index (κ2) is 8.73. The van der Waals surface area contributed by atoms with Crippen molar-refractivity contribution in [3.8, 4) is 11.4 Å². The van der Waals surface area contributed by atoms with Crippen molar-refractivity contribution in [2.24, 2.45) is 5.92 Å².